The van der Waals surface area contributed by atoms with Crippen LogP contribution in [0.5, 0.6) is 0 Å². The Labute approximate surface area is 119 Å². The normalized spacial score (nSPS) is 16.2. The van der Waals surface area contributed by atoms with E-state index in [9.17, 15) is 9.59 Å². The van der Waals surface area contributed by atoms with Crippen molar-refractivity contribution in [2.45, 2.75) is 26.2 Å². The van der Waals surface area contributed by atoms with Crippen LogP contribution in [0, 0.1) is 5.92 Å². The van der Waals surface area contributed by atoms with Crippen molar-refractivity contribution in [1.29, 1.82) is 0 Å². The Morgan fingerprint density at radius 3 is 2.70 bits per heavy atom. The zero-order valence-corrected chi connectivity index (χ0v) is 12.1. The molecular weight excluding hydrogens is 256 g/mol. The molecule has 0 aromatic carbocycles. The van der Waals surface area contributed by atoms with Gasteiger partial charge in [0.1, 0.15) is 5.69 Å². The third-order valence-corrected chi connectivity index (χ3v) is 3.81. The lowest BCUT2D eigenvalue weighted by Gasteiger charge is -2.30. The van der Waals surface area contributed by atoms with E-state index in [2.05, 4.69) is 17.3 Å². The minimum atomic E-state index is -0.190. The molecule has 1 aliphatic rings. The summed E-state index contributed by atoms with van der Waals surface area (Å²) in [5.41, 5.74) is 0.504. The fraction of sp³-hybridized carbons (Fsp3) is 0.643. The second-order valence-corrected chi connectivity index (χ2v) is 5.41. The van der Waals surface area contributed by atoms with Crippen molar-refractivity contribution >= 4 is 11.8 Å². The summed E-state index contributed by atoms with van der Waals surface area (Å²) in [4.78, 5) is 25.7. The quantitative estimate of drug-likeness (QED) is 0.886. The molecule has 0 saturated carbocycles. The van der Waals surface area contributed by atoms with E-state index in [4.69, 9.17) is 0 Å². The Morgan fingerprint density at radius 1 is 1.40 bits per heavy atom. The van der Waals surface area contributed by atoms with Crippen LogP contribution in [0.2, 0.25) is 0 Å². The van der Waals surface area contributed by atoms with E-state index in [1.807, 2.05) is 4.90 Å². The summed E-state index contributed by atoms with van der Waals surface area (Å²) < 4.78 is 1.52. The summed E-state index contributed by atoms with van der Waals surface area (Å²) in [7, 11) is 1.72. The average Bonchev–Trinajstić information content (AvgIpc) is 2.85. The predicted octanol–water partition coefficient (Wildman–Crippen LogP) is 0.798. The van der Waals surface area contributed by atoms with Crippen LogP contribution in [0.4, 0.5) is 0 Å². The van der Waals surface area contributed by atoms with Crippen LogP contribution in [-0.4, -0.2) is 46.1 Å². The monoisotopic (exact) mass is 278 g/mol. The number of piperidine rings is 1. The molecule has 2 rings (SSSR count). The van der Waals surface area contributed by atoms with Gasteiger partial charge in [-0.05, 0) is 24.8 Å². The zero-order chi connectivity index (χ0) is 14.5. The topological polar surface area (TPSA) is 67.2 Å². The summed E-state index contributed by atoms with van der Waals surface area (Å²) in [6, 6.07) is 1.66. The van der Waals surface area contributed by atoms with Crippen LogP contribution in [0.25, 0.3) is 0 Å². The summed E-state index contributed by atoms with van der Waals surface area (Å²) in [6.07, 6.45) is 4.09. The summed E-state index contributed by atoms with van der Waals surface area (Å²) >= 11 is 0. The molecule has 0 radical (unpaired) electrons. The van der Waals surface area contributed by atoms with Gasteiger partial charge in [0.25, 0.3) is 5.91 Å². The highest BCUT2D eigenvalue weighted by molar-refractivity contribution is 5.92. The number of carbonyl (C=O) groups is 2. The number of aryl methyl sites for hydroxylation is 1. The highest BCUT2D eigenvalue weighted by Crippen LogP contribution is 2.16. The number of likely N-dealkylation sites (tertiary alicyclic amines) is 1. The molecule has 6 nitrogen and oxygen atoms in total. The molecule has 110 valence electrons. The molecule has 0 bridgehead atoms. The molecular formula is C14H22N4O2. The van der Waals surface area contributed by atoms with Gasteiger partial charge in [-0.3, -0.25) is 14.3 Å². The van der Waals surface area contributed by atoms with Gasteiger partial charge >= 0.3 is 0 Å². The van der Waals surface area contributed by atoms with Crippen molar-refractivity contribution in [3.05, 3.63) is 18.0 Å². The van der Waals surface area contributed by atoms with Crippen molar-refractivity contribution in [3.8, 4) is 0 Å². The Bertz CT molecular complexity index is 475. The Hall–Kier alpha value is -1.85. The fourth-order valence-corrected chi connectivity index (χ4v) is 2.39. The minimum Gasteiger partial charge on any atom is -0.350 e. The van der Waals surface area contributed by atoms with Gasteiger partial charge in [0, 0.05) is 39.3 Å². The van der Waals surface area contributed by atoms with Crippen LogP contribution >= 0.6 is 0 Å². The molecule has 0 spiro atoms. The van der Waals surface area contributed by atoms with E-state index >= 15 is 0 Å². The van der Waals surface area contributed by atoms with E-state index in [1.165, 1.54) is 4.68 Å². The van der Waals surface area contributed by atoms with Crippen molar-refractivity contribution in [2.75, 3.05) is 19.6 Å². The van der Waals surface area contributed by atoms with Gasteiger partial charge in [-0.2, -0.15) is 5.10 Å². The van der Waals surface area contributed by atoms with E-state index in [0.717, 1.165) is 25.9 Å². The van der Waals surface area contributed by atoms with E-state index in [0.29, 0.717) is 24.6 Å². The van der Waals surface area contributed by atoms with Crippen LogP contribution in [0.3, 0.4) is 0 Å². The summed E-state index contributed by atoms with van der Waals surface area (Å²) in [5.74, 6) is 0.649. The van der Waals surface area contributed by atoms with Crippen LogP contribution < -0.4 is 5.32 Å². The predicted molar refractivity (Wildman–Crippen MR) is 75.1 cm³/mol. The molecule has 0 aliphatic carbocycles. The molecule has 2 heterocycles. The minimum absolute atomic E-state index is 0.127. The maximum Gasteiger partial charge on any atom is 0.269 e. The first-order valence-corrected chi connectivity index (χ1v) is 7.12. The molecule has 0 unspecified atom stereocenters. The maximum absolute atomic E-state index is 12.0. The molecule has 6 heteroatoms. The van der Waals surface area contributed by atoms with Gasteiger partial charge in [0.2, 0.25) is 5.91 Å². The Kier molecular flexibility index (Phi) is 4.76. The SMILES string of the molecule is CC1CCN(C(=O)CCNC(=O)c2ccnn2C)CC1. The first-order chi connectivity index (χ1) is 9.58. The second kappa shape index (κ2) is 6.54. The average molecular weight is 278 g/mol. The smallest absolute Gasteiger partial charge is 0.269 e. The molecule has 1 N–H and O–H groups in total. The van der Waals surface area contributed by atoms with Crippen LogP contribution in [0.15, 0.2) is 12.3 Å². The molecule has 1 fully saturated rings. The maximum atomic E-state index is 12.0. The first kappa shape index (κ1) is 14.6. The van der Waals surface area contributed by atoms with Crippen molar-refractivity contribution < 1.29 is 9.59 Å². The number of nitrogens with one attached hydrogen (secondary N) is 1. The van der Waals surface area contributed by atoms with E-state index < -0.39 is 0 Å². The number of rotatable bonds is 4. The zero-order valence-electron chi connectivity index (χ0n) is 12.1. The van der Waals surface area contributed by atoms with Crippen molar-refractivity contribution in [3.63, 3.8) is 0 Å². The molecule has 1 aliphatic heterocycles. The summed E-state index contributed by atoms with van der Waals surface area (Å²) in [5, 5.41) is 6.70. The molecule has 1 saturated heterocycles. The number of nitrogens with zero attached hydrogens (tertiary/aromatic N) is 3. The summed E-state index contributed by atoms with van der Waals surface area (Å²) in [6.45, 7) is 4.27. The highest BCUT2D eigenvalue weighted by atomic mass is 16.2. The van der Waals surface area contributed by atoms with Gasteiger partial charge in [0.05, 0.1) is 0 Å². The molecule has 0 atom stereocenters. The Morgan fingerprint density at radius 2 is 2.10 bits per heavy atom. The third kappa shape index (κ3) is 3.59. The molecule has 2 amide bonds. The molecule has 20 heavy (non-hydrogen) atoms. The van der Waals surface area contributed by atoms with Crippen molar-refractivity contribution in [2.24, 2.45) is 13.0 Å². The molecule has 1 aromatic heterocycles. The lowest BCUT2D eigenvalue weighted by molar-refractivity contribution is -0.132. The largest absolute Gasteiger partial charge is 0.350 e. The van der Waals surface area contributed by atoms with Crippen LogP contribution in [0.1, 0.15) is 36.7 Å². The number of hydrogen-bond donors (Lipinski definition) is 1. The van der Waals surface area contributed by atoms with Gasteiger partial charge < -0.3 is 10.2 Å². The van der Waals surface area contributed by atoms with Gasteiger partial charge in [-0.1, -0.05) is 6.92 Å². The first-order valence-electron chi connectivity index (χ1n) is 7.12. The van der Waals surface area contributed by atoms with E-state index in [1.54, 1.807) is 19.3 Å². The number of aromatic nitrogens is 2. The van der Waals surface area contributed by atoms with Gasteiger partial charge in [-0.15, -0.1) is 0 Å². The van der Waals surface area contributed by atoms with E-state index in [-0.39, 0.29) is 11.8 Å². The molecule has 1 aromatic rings. The van der Waals surface area contributed by atoms with Crippen molar-refractivity contribution in [1.82, 2.24) is 20.0 Å². The Balaban J connectivity index is 1.72. The van der Waals surface area contributed by atoms with Crippen LogP contribution in [-0.2, 0) is 11.8 Å². The number of carbonyl (C=O) groups excluding carboxylic acids is 2. The number of amides is 2. The highest BCUT2D eigenvalue weighted by Gasteiger charge is 2.20. The number of hydrogen-bond acceptors (Lipinski definition) is 3. The van der Waals surface area contributed by atoms with Gasteiger partial charge in [-0.25, -0.2) is 0 Å². The second-order valence-electron chi connectivity index (χ2n) is 5.41. The fourth-order valence-electron chi connectivity index (χ4n) is 2.39. The lowest BCUT2D eigenvalue weighted by atomic mass is 9.99. The van der Waals surface area contributed by atoms with Gasteiger partial charge in [0.15, 0.2) is 0 Å². The standard InChI is InChI=1S/C14H22N4O2/c1-11-5-9-18(10-6-11)13(19)4-7-15-14(20)12-3-8-16-17(12)2/h3,8,11H,4-7,9-10H2,1-2H3,(H,15,20). The third-order valence-electron chi connectivity index (χ3n) is 3.81. The lowest BCUT2D eigenvalue weighted by Crippen LogP contribution is -2.39.